The molecular formula is C26H26ClF3N2O4. The third-order valence-corrected chi connectivity index (χ3v) is 6.09. The van der Waals surface area contributed by atoms with Crippen LogP contribution in [0.1, 0.15) is 54.2 Å². The number of carbonyl (C=O) groups is 2. The van der Waals surface area contributed by atoms with Gasteiger partial charge >= 0.3 is 12.5 Å². The van der Waals surface area contributed by atoms with Crippen molar-refractivity contribution < 1.29 is 32.2 Å². The maximum atomic E-state index is 13.0. The Bertz CT molecular complexity index is 1200. The Balaban J connectivity index is 1.44. The molecule has 2 aliphatic heterocycles. The van der Waals surface area contributed by atoms with Crippen LogP contribution >= 0.6 is 11.6 Å². The second-order valence-corrected chi connectivity index (χ2v) is 10.2. The molecular weight excluding hydrogens is 497 g/mol. The summed E-state index contributed by atoms with van der Waals surface area (Å²) in [6.07, 6.45) is -2.53. The summed E-state index contributed by atoms with van der Waals surface area (Å²) in [6, 6.07) is 9.13. The lowest BCUT2D eigenvalue weighted by atomic mass is 9.96. The zero-order valence-electron chi connectivity index (χ0n) is 20.1. The summed E-state index contributed by atoms with van der Waals surface area (Å²) >= 11 is 6.51. The van der Waals surface area contributed by atoms with Crippen LogP contribution < -0.4 is 4.74 Å². The van der Waals surface area contributed by atoms with Gasteiger partial charge in [-0.2, -0.15) is 0 Å². The fourth-order valence-electron chi connectivity index (χ4n) is 4.22. The van der Waals surface area contributed by atoms with Crippen molar-refractivity contribution >= 4 is 29.2 Å². The van der Waals surface area contributed by atoms with Crippen LogP contribution in [0.15, 0.2) is 42.5 Å². The lowest BCUT2D eigenvalue weighted by Gasteiger charge is -2.29. The molecule has 0 saturated heterocycles. The van der Waals surface area contributed by atoms with Gasteiger partial charge in [-0.1, -0.05) is 29.8 Å². The number of halogens is 4. The van der Waals surface area contributed by atoms with Gasteiger partial charge in [0, 0.05) is 26.2 Å². The molecule has 0 atom stereocenters. The molecule has 10 heteroatoms. The first kappa shape index (κ1) is 25.9. The minimum absolute atomic E-state index is 0.221. The largest absolute Gasteiger partial charge is 0.573 e. The number of nitrogens with zero attached hydrogens (tertiary/aromatic N) is 2. The zero-order valence-corrected chi connectivity index (χ0v) is 20.9. The van der Waals surface area contributed by atoms with Crippen molar-refractivity contribution in [1.29, 1.82) is 0 Å². The first-order chi connectivity index (χ1) is 16.8. The van der Waals surface area contributed by atoms with Crippen molar-refractivity contribution in [3.05, 3.63) is 69.8 Å². The Morgan fingerprint density at radius 3 is 2.39 bits per heavy atom. The van der Waals surface area contributed by atoms with Crippen molar-refractivity contribution in [1.82, 2.24) is 9.80 Å². The van der Waals surface area contributed by atoms with Crippen LogP contribution in [0, 0.1) is 0 Å². The predicted molar refractivity (Wildman–Crippen MR) is 129 cm³/mol. The maximum absolute atomic E-state index is 13.0. The number of fused-ring (bicyclic) bond motifs is 1. The summed E-state index contributed by atoms with van der Waals surface area (Å²) in [7, 11) is 0. The summed E-state index contributed by atoms with van der Waals surface area (Å²) in [6.45, 7) is 6.95. The van der Waals surface area contributed by atoms with Gasteiger partial charge < -0.3 is 19.3 Å². The van der Waals surface area contributed by atoms with Crippen molar-refractivity contribution in [2.75, 3.05) is 13.1 Å². The van der Waals surface area contributed by atoms with Crippen molar-refractivity contribution in [2.24, 2.45) is 0 Å². The Morgan fingerprint density at radius 2 is 1.81 bits per heavy atom. The normalized spacial score (nSPS) is 16.1. The number of carbonyl (C=O) groups excluding carboxylic acids is 2. The second kappa shape index (κ2) is 9.69. The molecule has 0 bridgehead atoms. The molecule has 2 heterocycles. The number of hydrogen-bond donors (Lipinski definition) is 0. The highest BCUT2D eigenvalue weighted by Gasteiger charge is 2.32. The molecule has 2 amide bonds. The molecule has 4 rings (SSSR count). The lowest BCUT2D eigenvalue weighted by molar-refractivity contribution is -0.274. The number of ether oxygens (including phenoxy) is 2. The predicted octanol–water partition coefficient (Wildman–Crippen LogP) is 6.42. The van der Waals surface area contributed by atoms with Crippen molar-refractivity contribution in [3.63, 3.8) is 0 Å². The second-order valence-electron chi connectivity index (χ2n) is 9.75. The fourth-order valence-corrected chi connectivity index (χ4v) is 4.54. The topological polar surface area (TPSA) is 59.1 Å². The third kappa shape index (κ3) is 6.13. The number of hydrogen-bond acceptors (Lipinski definition) is 4. The van der Waals surface area contributed by atoms with E-state index in [4.69, 9.17) is 16.3 Å². The van der Waals surface area contributed by atoms with Gasteiger partial charge in [0.05, 0.1) is 10.6 Å². The first-order valence-corrected chi connectivity index (χ1v) is 11.8. The van der Waals surface area contributed by atoms with Gasteiger partial charge in [0.15, 0.2) is 0 Å². The number of alkyl halides is 3. The average Bonchev–Trinajstić information content (AvgIpc) is 3.08. The van der Waals surface area contributed by atoms with Crippen LogP contribution in [0.4, 0.5) is 18.0 Å². The third-order valence-electron chi connectivity index (χ3n) is 5.80. The van der Waals surface area contributed by atoms with E-state index in [0.29, 0.717) is 42.2 Å². The van der Waals surface area contributed by atoms with Crippen LogP contribution in [0.25, 0.3) is 5.57 Å². The van der Waals surface area contributed by atoms with Gasteiger partial charge in [-0.25, -0.2) is 4.79 Å². The Kier molecular flexibility index (Phi) is 6.96. The highest BCUT2D eigenvalue weighted by molar-refractivity contribution is 6.34. The van der Waals surface area contributed by atoms with Crippen LogP contribution in [0.5, 0.6) is 5.75 Å². The molecule has 192 valence electrons. The number of benzene rings is 2. The first-order valence-electron chi connectivity index (χ1n) is 11.4. The SMILES string of the molecule is CC(C)(C)OC(=O)N1CC=C(c2cc(Cl)c3c(c2)CN(Cc2ccc(OC(F)(F)F)cc2)C3=O)CC1. The van der Waals surface area contributed by atoms with Crippen molar-refractivity contribution in [3.8, 4) is 5.75 Å². The molecule has 0 unspecified atom stereocenters. The van der Waals surface area contributed by atoms with E-state index in [9.17, 15) is 22.8 Å². The van der Waals surface area contributed by atoms with Gasteiger partial charge in [-0.15, -0.1) is 13.2 Å². The van der Waals surface area contributed by atoms with E-state index in [1.165, 1.54) is 24.3 Å². The minimum Gasteiger partial charge on any atom is -0.444 e. The lowest BCUT2D eigenvalue weighted by Crippen LogP contribution is -2.39. The number of rotatable bonds is 4. The molecule has 2 aliphatic rings. The molecule has 0 saturated carbocycles. The average molecular weight is 523 g/mol. The van der Waals surface area contributed by atoms with Crippen molar-refractivity contribution in [2.45, 2.75) is 52.2 Å². The van der Waals surface area contributed by atoms with Crippen LogP contribution in [-0.4, -0.2) is 46.9 Å². The van der Waals surface area contributed by atoms with Crippen LogP contribution in [0.3, 0.4) is 0 Å². The highest BCUT2D eigenvalue weighted by Crippen LogP contribution is 2.35. The van der Waals surface area contributed by atoms with Crippen LogP contribution in [-0.2, 0) is 17.8 Å². The van der Waals surface area contributed by atoms with Gasteiger partial charge in [0.1, 0.15) is 11.4 Å². The van der Waals surface area contributed by atoms with E-state index in [1.54, 1.807) is 15.9 Å². The van der Waals surface area contributed by atoms with Gasteiger partial charge in [-0.05, 0) is 73.7 Å². The molecule has 0 spiro atoms. The summed E-state index contributed by atoms with van der Waals surface area (Å²) in [4.78, 5) is 28.5. The molecule has 0 fully saturated rings. The molecule has 0 aliphatic carbocycles. The summed E-state index contributed by atoms with van der Waals surface area (Å²) < 4.78 is 46.5. The summed E-state index contributed by atoms with van der Waals surface area (Å²) in [5, 5.41) is 0.347. The molecule has 0 aromatic heterocycles. The fraction of sp³-hybridized carbons (Fsp3) is 0.385. The molecule has 2 aromatic rings. The zero-order chi connectivity index (χ0) is 26.3. The van der Waals surface area contributed by atoms with E-state index >= 15 is 0 Å². The van der Waals surface area contributed by atoms with E-state index in [2.05, 4.69) is 4.74 Å². The Labute approximate surface area is 212 Å². The molecule has 0 N–H and O–H groups in total. The van der Waals surface area contributed by atoms with Gasteiger partial charge in [0.25, 0.3) is 5.91 Å². The van der Waals surface area contributed by atoms with Gasteiger partial charge in [-0.3, -0.25) is 4.79 Å². The smallest absolute Gasteiger partial charge is 0.444 e. The Morgan fingerprint density at radius 1 is 1.11 bits per heavy atom. The van der Waals surface area contributed by atoms with Gasteiger partial charge in [0.2, 0.25) is 0 Å². The molecule has 6 nitrogen and oxygen atoms in total. The van der Waals surface area contributed by atoms with E-state index in [0.717, 1.165) is 16.7 Å². The molecule has 2 aromatic carbocycles. The summed E-state index contributed by atoms with van der Waals surface area (Å²) in [5.41, 5.74) is 3.25. The van der Waals surface area contributed by atoms with Crippen LogP contribution in [0.2, 0.25) is 5.02 Å². The molecule has 0 radical (unpaired) electrons. The quantitative estimate of drug-likeness (QED) is 0.465. The maximum Gasteiger partial charge on any atom is 0.573 e. The minimum atomic E-state index is -4.76. The van der Waals surface area contributed by atoms with E-state index in [1.807, 2.05) is 32.9 Å². The van der Waals surface area contributed by atoms with E-state index < -0.39 is 12.0 Å². The summed E-state index contributed by atoms with van der Waals surface area (Å²) in [5.74, 6) is -0.549. The monoisotopic (exact) mass is 522 g/mol. The van der Waals surface area contributed by atoms with E-state index in [-0.39, 0.29) is 24.3 Å². The number of amides is 2. The highest BCUT2D eigenvalue weighted by atomic mass is 35.5. The Hall–Kier alpha value is -3.20. The molecule has 36 heavy (non-hydrogen) atoms. The standard InChI is InChI=1S/C26H26ClF3N2O4/c1-25(2,3)36-24(34)31-10-8-17(9-11-31)18-12-19-15-32(23(33)22(19)21(27)13-18)14-16-4-6-20(7-5-16)35-26(28,29)30/h4-8,12-13H,9-11,14-15H2,1-3H3.